The first-order chi connectivity index (χ1) is 11.5. The third-order valence-electron chi connectivity index (χ3n) is 4.26. The molecule has 0 spiro atoms. The van der Waals surface area contributed by atoms with Gasteiger partial charge in [0.05, 0.1) is 10.6 Å². The molecule has 1 saturated heterocycles. The molecule has 0 saturated carbocycles. The fourth-order valence-corrected chi connectivity index (χ4v) is 3.39. The molecule has 3 heterocycles. The van der Waals surface area contributed by atoms with Crippen LogP contribution in [0.5, 0.6) is 0 Å². The highest BCUT2D eigenvalue weighted by atomic mass is 35.5. The normalized spacial score (nSPS) is 17.9. The molecule has 0 aromatic carbocycles. The number of anilines is 1. The van der Waals surface area contributed by atoms with Crippen molar-refractivity contribution in [1.29, 1.82) is 0 Å². The fraction of sp³-hybridized carbons (Fsp3) is 0.467. The number of aromatic nitrogens is 4. The van der Waals surface area contributed by atoms with E-state index >= 15 is 0 Å². The third-order valence-corrected chi connectivity index (χ3v) is 4.54. The van der Waals surface area contributed by atoms with Gasteiger partial charge in [-0.25, -0.2) is 19.7 Å². The Balaban J connectivity index is 1.86. The van der Waals surface area contributed by atoms with Crippen molar-refractivity contribution in [2.45, 2.75) is 32.2 Å². The Morgan fingerprint density at radius 1 is 1.54 bits per heavy atom. The maximum Gasteiger partial charge on any atom is 0.343 e. The number of nitrogens with one attached hydrogen (secondary N) is 1. The van der Waals surface area contributed by atoms with Gasteiger partial charge in [-0.1, -0.05) is 11.6 Å². The second-order valence-electron chi connectivity index (χ2n) is 5.75. The number of pyridine rings is 1. The Hall–Kier alpha value is -2.35. The largest absolute Gasteiger partial charge is 0.478 e. The molecule has 1 aliphatic heterocycles. The molecular formula is C15H18ClN5O3. The lowest BCUT2D eigenvalue weighted by molar-refractivity contribution is 0.0696. The molecule has 24 heavy (non-hydrogen) atoms. The van der Waals surface area contributed by atoms with Crippen LogP contribution in [-0.4, -0.2) is 43.9 Å². The van der Waals surface area contributed by atoms with Gasteiger partial charge in [-0.05, 0) is 25.8 Å². The zero-order valence-electron chi connectivity index (χ0n) is 13.2. The maximum atomic E-state index is 11.8. The number of carboxylic acid groups (broad SMARTS) is 1. The molecule has 2 aromatic heterocycles. The fourth-order valence-electron chi connectivity index (χ4n) is 3.11. The molecule has 8 nitrogen and oxygen atoms in total. The number of aromatic amines is 1. The van der Waals surface area contributed by atoms with E-state index in [1.54, 1.807) is 4.57 Å². The van der Waals surface area contributed by atoms with Gasteiger partial charge in [0.1, 0.15) is 11.6 Å². The minimum absolute atomic E-state index is 0.0597. The average Bonchev–Trinajstić information content (AvgIpc) is 2.95. The molecule has 0 aliphatic carbocycles. The summed E-state index contributed by atoms with van der Waals surface area (Å²) in [5.74, 6) is 0.336. The quantitative estimate of drug-likeness (QED) is 0.869. The van der Waals surface area contributed by atoms with Crippen molar-refractivity contribution in [3.63, 3.8) is 0 Å². The van der Waals surface area contributed by atoms with Crippen LogP contribution in [0.2, 0.25) is 5.02 Å². The van der Waals surface area contributed by atoms with Crippen molar-refractivity contribution in [3.8, 4) is 0 Å². The van der Waals surface area contributed by atoms with Crippen LogP contribution in [-0.2, 0) is 6.54 Å². The summed E-state index contributed by atoms with van der Waals surface area (Å²) in [7, 11) is 0. The molecule has 0 amide bonds. The lowest BCUT2D eigenvalue weighted by Crippen LogP contribution is -2.36. The Labute approximate surface area is 143 Å². The molecule has 9 heteroatoms. The van der Waals surface area contributed by atoms with Gasteiger partial charge in [0.2, 0.25) is 0 Å². The van der Waals surface area contributed by atoms with Crippen LogP contribution in [0, 0.1) is 0 Å². The molecule has 128 valence electrons. The summed E-state index contributed by atoms with van der Waals surface area (Å²) in [5, 5.41) is 16.0. The molecule has 3 rings (SSSR count). The molecule has 1 aliphatic rings. The van der Waals surface area contributed by atoms with Gasteiger partial charge in [-0.2, -0.15) is 5.10 Å². The second-order valence-corrected chi connectivity index (χ2v) is 6.16. The van der Waals surface area contributed by atoms with E-state index in [2.05, 4.69) is 15.2 Å². The number of carboxylic acids is 1. The maximum absolute atomic E-state index is 11.8. The molecule has 2 aromatic rings. The SMILES string of the molecule is CCn1c([C@@H]2CCCN(c3ncc(C(=O)O)cc3Cl)C2)n[nH]c1=O. The van der Waals surface area contributed by atoms with Crippen molar-refractivity contribution in [3.05, 3.63) is 39.2 Å². The summed E-state index contributed by atoms with van der Waals surface area (Å²) < 4.78 is 1.64. The van der Waals surface area contributed by atoms with E-state index in [4.69, 9.17) is 16.7 Å². The van der Waals surface area contributed by atoms with Gasteiger partial charge in [0, 0.05) is 31.7 Å². The lowest BCUT2D eigenvalue weighted by atomic mass is 9.97. The first kappa shape index (κ1) is 16.5. The minimum Gasteiger partial charge on any atom is -0.478 e. The summed E-state index contributed by atoms with van der Waals surface area (Å²) in [6.45, 7) is 3.87. The number of aromatic carboxylic acids is 1. The number of halogens is 1. The summed E-state index contributed by atoms with van der Waals surface area (Å²) in [5.41, 5.74) is -0.143. The summed E-state index contributed by atoms with van der Waals surface area (Å²) in [6.07, 6.45) is 3.14. The van der Waals surface area contributed by atoms with E-state index in [-0.39, 0.29) is 17.2 Å². The summed E-state index contributed by atoms with van der Waals surface area (Å²) >= 11 is 6.22. The van der Waals surface area contributed by atoms with Gasteiger partial charge in [0.15, 0.2) is 0 Å². The predicted molar refractivity (Wildman–Crippen MR) is 88.9 cm³/mol. The van der Waals surface area contributed by atoms with Crippen LogP contribution in [0.25, 0.3) is 0 Å². The van der Waals surface area contributed by atoms with Crippen LogP contribution < -0.4 is 10.6 Å². The number of hydrogen-bond donors (Lipinski definition) is 2. The van der Waals surface area contributed by atoms with E-state index in [1.165, 1.54) is 12.3 Å². The van der Waals surface area contributed by atoms with Crippen LogP contribution in [0.3, 0.4) is 0 Å². The molecule has 1 atom stereocenters. The summed E-state index contributed by atoms with van der Waals surface area (Å²) in [4.78, 5) is 29.0. The van der Waals surface area contributed by atoms with E-state index in [0.29, 0.717) is 23.9 Å². The average molecular weight is 352 g/mol. The number of nitrogens with zero attached hydrogens (tertiary/aromatic N) is 4. The van der Waals surface area contributed by atoms with E-state index < -0.39 is 5.97 Å². The van der Waals surface area contributed by atoms with Crippen molar-refractivity contribution < 1.29 is 9.90 Å². The molecule has 2 N–H and O–H groups in total. The van der Waals surface area contributed by atoms with Gasteiger partial charge in [-0.15, -0.1) is 0 Å². The van der Waals surface area contributed by atoms with Crippen molar-refractivity contribution in [1.82, 2.24) is 19.7 Å². The topological polar surface area (TPSA) is 104 Å². The van der Waals surface area contributed by atoms with Gasteiger partial charge in [0.25, 0.3) is 0 Å². The zero-order chi connectivity index (χ0) is 17.3. The van der Waals surface area contributed by atoms with Gasteiger partial charge in [-0.3, -0.25) is 4.57 Å². The highest BCUT2D eigenvalue weighted by molar-refractivity contribution is 6.33. The number of hydrogen-bond acceptors (Lipinski definition) is 5. The molecular weight excluding hydrogens is 334 g/mol. The smallest absolute Gasteiger partial charge is 0.343 e. The number of carbonyl (C=O) groups is 1. The van der Waals surface area contributed by atoms with Gasteiger partial charge >= 0.3 is 11.7 Å². The minimum atomic E-state index is -1.06. The Kier molecular flexibility index (Phi) is 4.57. The second kappa shape index (κ2) is 6.64. The van der Waals surface area contributed by atoms with E-state index in [1.807, 2.05) is 11.8 Å². The third kappa shape index (κ3) is 3.01. The Bertz CT molecular complexity index is 816. The number of rotatable bonds is 4. The van der Waals surface area contributed by atoms with E-state index in [9.17, 15) is 9.59 Å². The van der Waals surface area contributed by atoms with Crippen molar-refractivity contribution >= 4 is 23.4 Å². The Morgan fingerprint density at radius 2 is 2.33 bits per heavy atom. The number of piperidine rings is 1. The number of H-pyrrole nitrogens is 1. The van der Waals surface area contributed by atoms with Crippen molar-refractivity contribution in [2.24, 2.45) is 0 Å². The predicted octanol–water partition coefficient (Wildman–Crippen LogP) is 1.72. The Morgan fingerprint density at radius 3 is 3.00 bits per heavy atom. The highest BCUT2D eigenvalue weighted by Crippen LogP contribution is 2.31. The molecule has 0 radical (unpaired) electrons. The van der Waals surface area contributed by atoms with E-state index in [0.717, 1.165) is 25.2 Å². The van der Waals surface area contributed by atoms with Crippen LogP contribution in [0.4, 0.5) is 5.82 Å². The standard InChI is InChI=1S/C15H18ClN5O3/c1-2-21-12(18-19-15(21)24)9-4-3-5-20(8-9)13-11(16)6-10(7-17-13)14(22)23/h6-7,9H,2-5,8H2,1H3,(H,19,24)(H,22,23)/t9-/m1/s1. The van der Waals surface area contributed by atoms with Crippen LogP contribution in [0.15, 0.2) is 17.1 Å². The van der Waals surface area contributed by atoms with Gasteiger partial charge < -0.3 is 10.0 Å². The monoisotopic (exact) mass is 351 g/mol. The highest BCUT2D eigenvalue weighted by Gasteiger charge is 2.27. The summed E-state index contributed by atoms with van der Waals surface area (Å²) in [6, 6.07) is 1.41. The molecule has 0 bridgehead atoms. The molecule has 1 fully saturated rings. The van der Waals surface area contributed by atoms with Crippen LogP contribution >= 0.6 is 11.6 Å². The molecule has 0 unspecified atom stereocenters. The first-order valence-corrected chi connectivity index (χ1v) is 8.18. The van der Waals surface area contributed by atoms with Crippen molar-refractivity contribution in [2.75, 3.05) is 18.0 Å². The zero-order valence-corrected chi connectivity index (χ0v) is 14.0. The first-order valence-electron chi connectivity index (χ1n) is 7.80. The van der Waals surface area contributed by atoms with Crippen LogP contribution in [0.1, 0.15) is 41.9 Å². The lowest BCUT2D eigenvalue weighted by Gasteiger charge is -2.33.